The van der Waals surface area contributed by atoms with Crippen LogP contribution in [0.4, 0.5) is 5.69 Å². The Balaban J connectivity index is 1.37. The van der Waals surface area contributed by atoms with E-state index in [0.29, 0.717) is 22.6 Å². The van der Waals surface area contributed by atoms with Crippen molar-refractivity contribution < 1.29 is 14.3 Å². The molecule has 33 heavy (non-hydrogen) atoms. The highest BCUT2D eigenvalue weighted by molar-refractivity contribution is 7.98. The molecule has 6 nitrogen and oxygen atoms in total. The molecule has 4 rings (SSSR count). The standard InChI is InChI=1S/C26H19N3O3S/c27-15-18-10-12-19(13-11-18)17-33-24-9-2-1-5-21(24)26(31)32-16-25(30)29-23-8-3-7-22-20(23)6-4-14-28-22/h1-14H,16-17H2,(H,29,30). The number of ether oxygens (including phenoxy) is 1. The molecule has 0 atom stereocenters. The van der Waals surface area contributed by atoms with Crippen LogP contribution in [0.25, 0.3) is 10.9 Å². The Hall–Kier alpha value is -4.15. The molecular weight excluding hydrogens is 434 g/mol. The van der Waals surface area contributed by atoms with Crippen molar-refractivity contribution in [2.45, 2.75) is 10.6 Å². The fourth-order valence-corrected chi connectivity index (χ4v) is 4.20. The normalized spacial score (nSPS) is 10.4. The fraction of sp³-hybridized carbons (Fsp3) is 0.0769. The maximum Gasteiger partial charge on any atom is 0.339 e. The minimum absolute atomic E-state index is 0.399. The second-order valence-electron chi connectivity index (χ2n) is 7.09. The van der Waals surface area contributed by atoms with E-state index in [-0.39, 0.29) is 0 Å². The van der Waals surface area contributed by atoms with Crippen LogP contribution in [0.1, 0.15) is 21.5 Å². The third-order valence-corrected chi connectivity index (χ3v) is 5.98. The number of pyridine rings is 1. The van der Waals surface area contributed by atoms with Gasteiger partial charge >= 0.3 is 5.97 Å². The summed E-state index contributed by atoms with van der Waals surface area (Å²) < 4.78 is 5.28. The van der Waals surface area contributed by atoms with Crippen LogP contribution in [-0.4, -0.2) is 23.5 Å². The van der Waals surface area contributed by atoms with Gasteiger partial charge in [-0.3, -0.25) is 9.78 Å². The van der Waals surface area contributed by atoms with Gasteiger partial charge in [-0.05, 0) is 54.1 Å². The summed E-state index contributed by atoms with van der Waals surface area (Å²) in [6.07, 6.45) is 1.69. The van der Waals surface area contributed by atoms with Gasteiger partial charge in [0.15, 0.2) is 6.61 Å². The second-order valence-corrected chi connectivity index (χ2v) is 8.11. The summed E-state index contributed by atoms with van der Waals surface area (Å²) in [5.74, 6) is -0.360. The monoisotopic (exact) mass is 453 g/mol. The van der Waals surface area contributed by atoms with E-state index < -0.39 is 18.5 Å². The van der Waals surface area contributed by atoms with E-state index in [1.165, 1.54) is 11.8 Å². The Morgan fingerprint density at radius 2 is 1.79 bits per heavy atom. The molecule has 162 valence electrons. The van der Waals surface area contributed by atoms with E-state index in [1.54, 1.807) is 48.7 Å². The minimum Gasteiger partial charge on any atom is -0.452 e. The first-order chi connectivity index (χ1) is 16.1. The first kappa shape index (κ1) is 22.1. The van der Waals surface area contributed by atoms with Gasteiger partial charge in [0.25, 0.3) is 5.91 Å². The number of amides is 1. The van der Waals surface area contributed by atoms with Crippen LogP contribution in [0.5, 0.6) is 0 Å². The van der Waals surface area contributed by atoms with Gasteiger partial charge in [0.1, 0.15) is 0 Å². The van der Waals surface area contributed by atoms with E-state index in [9.17, 15) is 9.59 Å². The molecule has 0 bridgehead atoms. The van der Waals surface area contributed by atoms with E-state index in [2.05, 4.69) is 16.4 Å². The number of esters is 1. The number of nitrogens with one attached hydrogen (secondary N) is 1. The van der Waals surface area contributed by atoms with E-state index in [0.717, 1.165) is 21.4 Å². The average Bonchev–Trinajstić information content (AvgIpc) is 2.87. The van der Waals surface area contributed by atoms with Crippen LogP contribution in [-0.2, 0) is 15.3 Å². The molecule has 0 saturated carbocycles. The van der Waals surface area contributed by atoms with Gasteiger partial charge in [-0.2, -0.15) is 5.26 Å². The van der Waals surface area contributed by atoms with Crippen molar-refractivity contribution >= 4 is 40.2 Å². The Morgan fingerprint density at radius 1 is 0.970 bits per heavy atom. The number of rotatable bonds is 7. The van der Waals surface area contributed by atoms with E-state index >= 15 is 0 Å². The molecule has 0 aliphatic heterocycles. The Labute approximate surface area is 195 Å². The van der Waals surface area contributed by atoms with Crippen LogP contribution in [0.2, 0.25) is 0 Å². The SMILES string of the molecule is N#Cc1ccc(CSc2ccccc2C(=O)OCC(=O)Nc2cccc3ncccc23)cc1. The number of thioether (sulfide) groups is 1. The van der Waals surface area contributed by atoms with Crippen LogP contribution in [0, 0.1) is 11.3 Å². The molecule has 1 heterocycles. The van der Waals surface area contributed by atoms with Gasteiger partial charge in [-0.15, -0.1) is 11.8 Å². The number of fused-ring (bicyclic) bond motifs is 1. The van der Waals surface area contributed by atoms with Crippen LogP contribution >= 0.6 is 11.8 Å². The first-order valence-electron chi connectivity index (χ1n) is 10.2. The minimum atomic E-state index is -0.562. The fourth-order valence-electron chi connectivity index (χ4n) is 3.21. The molecule has 7 heteroatoms. The smallest absolute Gasteiger partial charge is 0.339 e. The molecular formula is C26H19N3O3S. The summed E-state index contributed by atoms with van der Waals surface area (Å²) in [5, 5.41) is 12.5. The van der Waals surface area contributed by atoms with Crippen molar-refractivity contribution in [1.29, 1.82) is 5.26 Å². The van der Waals surface area contributed by atoms with Crippen LogP contribution in [0.3, 0.4) is 0 Å². The zero-order valence-corrected chi connectivity index (χ0v) is 18.3. The Bertz CT molecular complexity index is 1340. The highest BCUT2D eigenvalue weighted by atomic mass is 32.2. The molecule has 1 aromatic heterocycles. The maximum atomic E-state index is 12.7. The third kappa shape index (κ3) is 5.56. The highest BCUT2D eigenvalue weighted by Crippen LogP contribution is 2.27. The molecule has 0 radical (unpaired) electrons. The molecule has 0 saturated heterocycles. The average molecular weight is 454 g/mol. The predicted octanol–water partition coefficient (Wildman–Crippen LogP) is 5.19. The molecule has 1 N–H and O–H groups in total. The zero-order chi connectivity index (χ0) is 23.0. The quantitative estimate of drug-likeness (QED) is 0.306. The summed E-state index contributed by atoms with van der Waals surface area (Å²) in [7, 11) is 0. The second kappa shape index (κ2) is 10.4. The molecule has 0 spiro atoms. The lowest BCUT2D eigenvalue weighted by atomic mass is 10.2. The number of hydrogen-bond donors (Lipinski definition) is 1. The van der Waals surface area contributed by atoms with Crippen molar-refractivity contribution in [1.82, 2.24) is 4.98 Å². The molecule has 1 amide bonds. The summed E-state index contributed by atoms with van der Waals surface area (Å²) in [6.45, 7) is -0.399. The van der Waals surface area contributed by atoms with Crippen molar-refractivity contribution in [2.24, 2.45) is 0 Å². The Morgan fingerprint density at radius 3 is 2.61 bits per heavy atom. The highest BCUT2D eigenvalue weighted by Gasteiger charge is 2.15. The van der Waals surface area contributed by atoms with Gasteiger partial charge in [-0.25, -0.2) is 4.79 Å². The number of carbonyl (C=O) groups is 2. The van der Waals surface area contributed by atoms with Crippen LogP contribution < -0.4 is 5.32 Å². The van der Waals surface area contributed by atoms with E-state index in [4.69, 9.17) is 10.00 Å². The number of hydrogen-bond acceptors (Lipinski definition) is 6. The lowest BCUT2D eigenvalue weighted by molar-refractivity contribution is -0.119. The lowest BCUT2D eigenvalue weighted by Gasteiger charge is -2.11. The summed E-state index contributed by atoms with van der Waals surface area (Å²) in [6, 6.07) is 25.6. The first-order valence-corrected chi connectivity index (χ1v) is 11.1. The number of nitriles is 1. The number of carbonyl (C=O) groups excluding carboxylic acids is 2. The van der Waals surface area contributed by atoms with Gasteiger partial charge in [0, 0.05) is 22.2 Å². The summed E-state index contributed by atoms with van der Waals surface area (Å²) >= 11 is 1.49. The third-order valence-electron chi connectivity index (χ3n) is 4.84. The van der Waals surface area contributed by atoms with Gasteiger partial charge < -0.3 is 10.1 Å². The number of benzene rings is 3. The van der Waals surface area contributed by atoms with Crippen molar-refractivity contribution in [3.8, 4) is 6.07 Å². The maximum absolute atomic E-state index is 12.7. The molecule has 0 aliphatic carbocycles. The van der Waals surface area contributed by atoms with Gasteiger partial charge in [0.05, 0.1) is 28.4 Å². The zero-order valence-electron chi connectivity index (χ0n) is 17.5. The largest absolute Gasteiger partial charge is 0.452 e. The number of anilines is 1. The Kier molecular flexibility index (Phi) is 6.98. The number of nitrogens with zero attached hydrogens (tertiary/aromatic N) is 2. The van der Waals surface area contributed by atoms with Crippen molar-refractivity contribution in [3.63, 3.8) is 0 Å². The number of aromatic nitrogens is 1. The molecule has 0 aliphatic rings. The van der Waals surface area contributed by atoms with Crippen molar-refractivity contribution in [3.05, 3.63) is 102 Å². The molecule has 0 fully saturated rings. The summed E-state index contributed by atoms with van der Waals surface area (Å²) in [4.78, 5) is 30.1. The van der Waals surface area contributed by atoms with Crippen molar-refractivity contribution in [2.75, 3.05) is 11.9 Å². The lowest BCUT2D eigenvalue weighted by Crippen LogP contribution is -2.21. The topological polar surface area (TPSA) is 92.1 Å². The predicted molar refractivity (Wildman–Crippen MR) is 128 cm³/mol. The van der Waals surface area contributed by atoms with Gasteiger partial charge in [0.2, 0.25) is 0 Å². The molecule has 0 unspecified atom stereocenters. The molecule has 4 aromatic rings. The van der Waals surface area contributed by atoms with Gasteiger partial charge in [-0.1, -0.05) is 30.3 Å². The van der Waals surface area contributed by atoms with Crippen LogP contribution in [0.15, 0.2) is 90.0 Å². The van der Waals surface area contributed by atoms with E-state index in [1.807, 2.05) is 36.4 Å². The molecule has 3 aromatic carbocycles. The summed E-state index contributed by atoms with van der Waals surface area (Å²) in [5.41, 5.74) is 3.41.